The van der Waals surface area contributed by atoms with Gasteiger partial charge in [0.05, 0.1) is 10.2 Å². The van der Waals surface area contributed by atoms with E-state index in [1.165, 1.54) is 30.7 Å². The number of aromatic nitrogens is 2. The van der Waals surface area contributed by atoms with E-state index in [9.17, 15) is 9.18 Å². The molecule has 0 saturated carbocycles. The lowest BCUT2D eigenvalue weighted by atomic mass is 10.2. The highest BCUT2D eigenvalue weighted by atomic mass is 79.9. The van der Waals surface area contributed by atoms with E-state index >= 15 is 0 Å². The Balaban J connectivity index is 2.17. The van der Waals surface area contributed by atoms with Gasteiger partial charge in [-0.1, -0.05) is 0 Å². The van der Waals surface area contributed by atoms with Crippen LogP contribution in [0.2, 0.25) is 0 Å². The second-order valence-electron chi connectivity index (χ2n) is 3.55. The number of carboxylic acids is 1. The highest BCUT2D eigenvalue weighted by Gasteiger charge is 2.12. The number of aromatic carboxylic acids is 1. The molecular weight excluding hydrogens is 319 g/mol. The molecule has 0 radical (unpaired) electrons. The van der Waals surface area contributed by atoms with Crippen molar-refractivity contribution in [3.8, 4) is 5.75 Å². The maximum atomic E-state index is 12.9. The number of rotatable bonds is 4. The van der Waals surface area contributed by atoms with Crippen LogP contribution in [0.1, 0.15) is 16.1 Å². The van der Waals surface area contributed by atoms with E-state index in [0.717, 1.165) is 0 Å². The Kier molecular flexibility index (Phi) is 4.06. The maximum absolute atomic E-state index is 12.9. The first kappa shape index (κ1) is 13.4. The molecule has 1 aromatic carbocycles. The number of ether oxygens (including phenoxy) is 1. The number of hydrogen-bond donors (Lipinski definition) is 1. The third-order valence-corrected chi connectivity index (χ3v) is 2.90. The first-order chi connectivity index (χ1) is 9.08. The van der Waals surface area contributed by atoms with Crippen LogP contribution in [0, 0.1) is 5.82 Å². The Morgan fingerprint density at radius 1 is 1.47 bits per heavy atom. The van der Waals surface area contributed by atoms with Crippen molar-refractivity contribution in [3.63, 3.8) is 0 Å². The molecule has 0 fully saturated rings. The minimum Gasteiger partial charge on any atom is -0.486 e. The van der Waals surface area contributed by atoms with Crippen LogP contribution in [-0.4, -0.2) is 21.0 Å². The number of carboxylic acid groups (broad SMARTS) is 1. The first-order valence-corrected chi connectivity index (χ1v) is 5.97. The van der Waals surface area contributed by atoms with E-state index in [1.54, 1.807) is 0 Å². The van der Waals surface area contributed by atoms with Crippen LogP contribution in [0.15, 0.2) is 35.2 Å². The molecule has 5 nitrogen and oxygen atoms in total. The summed E-state index contributed by atoms with van der Waals surface area (Å²) in [7, 11) is 0. The van der Waals surface area contributed by atoms with Crippen molar-refractivity contribution in [2.45, 2.75) is 6.61 Å². The monoisotopic (exact) mass is 326 g/mol. The average molecular weight is 327 g/mol. The molecule has 7 heteroatoms. The molecule has 0 aliphatic rings. The molecule has 98 valence electrons. The molecule has 0 spiro atoms. The van der Waals surface area contributed by atoms with Crippen molar-refractivity contribution < 1.29 is 19.0 Å². The van der Waals surface area contributed by atoms with E-state index < -0.39 is 11.8 Å². The van der Waals surface area contributed by atoms with Gasteiger partial charge >= 0.3 is 5.97 Å². The fourth-order valence-corrected chi connectivity index (χ4v) is 1.85. The van der Waals surface area contributed by atoms with Gasteiger partial charge in [-0.25, -0.2) is 19.2 Å². The molecule has 0 amide bonds. The van der Waals surface area contributed by atoms with Gasteiger partial charge in [0, 0.05) is 6.20 Å². The van der Waals surface area contributed by atoms with E-state index in [0.29, 0.717) is 10.2 Å². The summed E-state index contributed by atoms with van der Waals surface area (Å²) >= 11 is 3.15. The van der Waals surface area contributed by atoms with Crippen molar-refractivity contribution >= 4 is 21.9 Å². The Morgan fingerprint density at radius 3 is 2.95 bits per heavy atom. The first-order valence-electron chi connectivity index (χ1n) is 5.18. The maximum Gasteiger partial charge on any atom is 0.339 e. The summed E-state index contributed by atoms with van der Waals surface area (Å²) in [6.45, 7) is -0.0472. The predicted octanol–water partition coefficient (Wildman–Crippen LogP) is 2.66. The van der Waals surface area contributed by atoms with E-state index in [1.807, 2.05) is 0 Å². The van der Waals surface area contributed by atoms with Crippen molar-refractivity contribution in [2.75, 3.05) is 0 Å². The summed E-state index contributed by atoms with van der Waals surface area (Å²) < 4.78 is 18.7. The van der Waals surface area contributed by atoms with Crippen LogP contribution >= 0.6 is 15.9 Å². The number of benzene rings is 1. The van der Waals surface area contributed by atoms with Crippen LogP contribution < -0.4 is 4.74 Å². The topological polar surface area (TPSA) is 72.3 Å². The van der Waals surface area contributed by atoms with Gasteiger partial charge in [0.1, 0.15) is 30.1 Å². The summed E-state index contributed by atoms with van der Waals surface area (Å²) in [4.78, 5) is 18.5. The molecule has 1 aromatic heterocycles. The standard InChI is InChI=1S/C12H8BrFN2O3/c13-9-3-7(14)1-2-11(9)19-5-10-8(12(17)18)4-15-6-16-10/h1-4,6H,5H2,(H,17,18). The Hall–Kier alpha value is -2.02. The molecule has 0 unspecified atom stereocenters. The van der Waals surface area contributed by atoms with Crippen molar-refractivity contribution in [2.24, 2.45) is 0 Å². The number of carbonyl (C=O) groups is 1. The lowest BCUT2D eigenvalue weighted by Crippen LogP contribution is -2.08. The normalized spacial score (nSPS) is 10.2. The largest absolute Gasteiger partial charge is 0.486 e. The zero-order valence-electron chi connectivity index (χ0n) is 9.51. The van der Waals surface area contributed by atoms with Gasteiger partial charge < -0.3 is 9.84 Å². The highest BCUT2D eigenvalue weighted by molar-refractivity contribution is 9.10. The van der Waals surface area contributed by atoms with Gasteiger partial charge in [-0.3, -0.25) is 0 Å². The molecule has 0 atom stereocenters. The third-order valence-electron chi connectivity index (χ3n) is 2.28. The van der Waals surface area contributed by atoms with Gasteiger partial charge in [0.2, 0.25) is 0 Å². The van der Waals surface area contributed by atoms with E-state index in [-0.39, 0.29) is 17.9 Å². The SMILES string of the molecule is O=C(O)c1cncnc1COc1ccc(F)cc1Br. The van der Waals surface area contributed by atoms with E-state index in [2.05, 4.69) is 25.9 Å². The summed E-state index contributed by atoms with van der Waals surface area (Å²) in [5.41, 5.74) is 0.222. The van der Waals surface area contributed by atoms with Crippen LogP contribution in [0.25, 0.3) is 0 Å². The predicted molar refractivity (Wildman–Crippen MR) is 67.4 cm³/mol. The Bertz CT molecular complexity index is 622. The minimum absolute atomic E-state index is 0.0271. The zero-order chi connectivity index (χ0) is 13.8. The molecule has 0 aliphatic heterocycles. The molecule has 0 aliphatic carbocycles. The average Bonchev–Trinajstić information content (AvgIpc) is 2.38. The molecular formula is C12H8BrFN2O3. The van der Waals surface area contributed by atoms with Crippen molar-refractivity contribution in [3.05, 3.63) is 52.3 Å². The van der Waals surface area contributed by atoms with Crippen LogP contribution in [0.5, 0.6) is 5.75 Å². The van der Waals surface area contributed by atoms with Gasteiger partial charge in [0.15, 0.2) is 0 Å². The van der Waals surface area contributed by atoms with Crippen LogP contribution in [-0.2, 0) is 6.61 Å². The molecule has 1 N–H and O–H groups in total. The molecule has 2 rings (SSSR count). The molecule has 0 bridgehead atoms. The van der Waals surface area contributed by atoms with Crippen molar-refractivity contribution in [1.29, 1.82) is 0 Å². The van der Waals surface area contributed by atoms with E-state index in [4.69, 9.17) is 9.84 Å². The second kappa shape index (κ2) is 5.75. The van der Waals surface area contributed by atoms with Gasteiger partial charge in [-0.2, -0.15) is 0 Å². The Labute approximate surface area is 116 Å². The molecule has 0 saturated heterocycles. The number of nitrogens with zero attached hydrogens (tertiary/aromatic N) is 2. The fraction of sp³-hybridized carbons (Fsp3) is 0.0833. The molecule has 1 heterocycles. The summed E-state index contributed by atoms with van der Waals surface area (Å²) in [6.07, 6.45) is 2.44. The summed E-state index contributed by atoms with van der Waals surface area (Å²) in [5, 5.41) is 8.96. The quantitative estimate of drug-likeness (QED) is 0.935. The third kappa shape index (κ3) is 3.25. The lowest BCUT2D eigenvalue weighted by Gasteiger charge is -2.09. The van der Waals surface area contributed by atoms with Crippen LogP contribution in [0.4, 0.5) is 4.39 Å². The van der Waals surface area contributed by atoms with Gasteiger partial charge in [-0.15, -0.1) is 0 Å². The minimum atomic E-state index is -1.13. The molecule has 2 aromatic rings. The Morgan fingerprint density at radius 2 is 2.26 bits per heavy atom. The van der Waals surface area contributed by atoms with Crippen molar-refractivity contribution in [1.82, 2.24) is 9.97 Å². The smallest absolute Gasteiger partial charge is 0.339 e. The van der Waals surface area contributed by atoms with Gasteiger partial charge in [-0.05, 0) is 34.1 Å². The highest BCUT2D eigenvalue weighted by Crippen LogP contribution is 2.26. The number of hydrogen-bond acceptors (Lipinski definition) is 4. The lowest BCUT2D eigenvalue weighted by molar-refractivity contribution is 0.0692. The fourth-order valence-electron chi connectivity index (χ4n) is 1.39. The summed E-state index contributed by atoms with van der Waals surface area (Å²) in [6, 6.07) is 3.95. The van der Waals surface area contributed by atoms with Gasteiger partial charge in [0.25, 0.3) is 0 Å². The zero-order valence-corrected chi connectivity index (χ0v) is 11.1. The number of halogens is 2. The molecule has 19 heavy (non-hydrogen) atoms. The second-order valence-corrected chi connectivity index (χ2v) is 4.41. The van der Waals surface area contributed by atoms with Crippen LogP contribution in [0.3, 0.4) is 0 Å². The summed E-state index contributed by atoms with van der Waals surface area (Å²) in [5.74, 6) is -1.12.